The molecule has 1 rings (SSSR count). The number of nitrogens with one attached hydrogen (secondary N) is 1. The lowest BCUT2D eigenvalue weighted by molar-refractivity contribution is -0.182. The summed E-state index contributed by atoms with van der Waals surface area (Å²) in [6.45, 7) is 5.86. The van der Waals surface area contributed by atoms with Crippen molar-refractivity contribution in [1.82, 2.24) is 10.4 Å². The summed E-state index contributed by atoms with van der Waals surface area (Å²) in [5.74, 6) is 0.419. The molecule has 0 aromatic carbocycles. The van der Waals surface area contributed by atoms with Crippen LogP contribution in [0.15, 0.2) is 0 Å². The predicted molar refractivity (Wildman–Crippen MR) is 54.5 cm³/mol. The van der Waals surface area contributed by atoms with Crippen molar-refractivity contribution in [3.05, 3.63) is 0 Å². The topological polar surface area (TPSA) is 41.6 Å². The highest BCUT2D eigenvalue weighted by molar-refractivity contribution is 5.82. The average Bonchev–Trinajstić information content (AvgIpc) is 2.65. The molecule has 4 heteroatoms. The monoisotopic (exact) mass is 200 g/mol. The number of hydrogen-bond donors (Lipinski definition) is 1. The molecular weight excluding hydrogens is 180 g/mol. The average molecular weight is 200 g/mol. The molecule has 0 bridgehead atoms. The molecule has 82 valence electrons. The van der Waals surface area contributed by atoms with Gasteiger partial charge in [0, 0.05) is 13.6 Å². The minimum atomic E-state index is -0.273. The zero-order valence-electron chi connectivity index (χ0n) is 9.46. The van der Waals surface area contributed by atoms with Crippen molar-refractivity contribution < 1.29 is 9.63 Å². The molecule has 1 atom stereocenters. The second-order valence-electron chi connectivity index (χ2n) is 4.22. The third-order valence-corrected chi connectivity index (χ3v) is 3.28. The van der Waals surface area contributed by atoms with Crippen LogP contribution in [0.25, 0.3) is 0 Å². The van der Waals surface area contributed by atoms with E-state index in [4.69, 9.17) is 4.84 Å². The summed E-state index contributed by atoms with van der Waals surface area (Å²) in [7, 11) is 3.19. The molecule has 14 heavy (non-hydrogen) atoms. The van der Waals surface area contributed by atoms with Crippen LogP contribution in [0.3, 0.4) is 0 Å². The van der Waals surface area contributed by atoms with E-state index in [0.717, 1.165) is 19.5 Å². The minimum Gasteiger partial charge on any atom is -0.316 e. The summed E-state index contributed by atoms with van der Waals surface area (Å²) < 4.78 is 0. The van der Waals surface area contributed by atoms with Crippen molar-refractivity contribution in [2.24, 2.45) is 11.3 Å². The summed E-state index contributed by atoms with van der Waals surface area (Å²) in [5, 5.41) is 4.59. The Labute approximate surface area is 85.6 Å². The smallest absolute Gasteiger partial charge is 0.253 e. The molecule has 1 amide bonds. The van der Waals surface area contributed by atoms with Crippen molar-refractivity contribution >= 4 is 5.91 Å². The van der Waals surface area contributed by atoms with Gasteiger partial charge in [-0.2, -0.15) is 0 Å². The Morgan fingerprint density at radius 2 is 2.21 bits per heavy atom. The highest BCUT2D eigenvalue weighted by Gasteiger charge is 2.45. The molecule has 0 saturated carbocycles. The van der Waals surface area contributed by atoms with E-state index in [1.54, 1.807) is 7.05 Å². The van der Waals surface area contributed by atoms with Crippen LogP contribution >= 0.6 is 0 Å². The van der Waals surface area contributed by atoms with Gasteiger partial charge in [-0.05, 0) is 18.9 Å². The first-order valence-corrected chi connectivity index (χ1v) is 5.07. The van der Waals surface area contributed by atoms with Gasteiger partial charge in [-0.25, -0.2) is 5.06 Å². The fourth-order valence-electron chi connectivity index (χ4n) is 2.03. The molecular formula is C10H20N2O2. The second kappa shape index (κ2) is 4.28. The lowest BCUT2D eigenvalue weighted by Gasteiger charge is -2.33. The van der Waals surface area contributed by atoms with Crippen LogP contribution in [-0.4, -0.2) is 38.2 Å². The molecule has 0 radical (unpaired) electrons. The summed E-state index contributed by atoms with van der Waals surface area (Å²) >= 11 is 0. The summed E-state index contributed by atoms with van der Waals surface area (Å²) in [6.07, 6.45) is 0.900. The van der Waals surface area contributed by atoms with E-state index in [0.29, 0.717) is 5.92 Å². The Hall–Kier alpha value is -0.610. The van der Waals surface area contributed by atoms with Crippen LogP contribution in [0.1, 0.15) is 20.3 Å². The van der Waals surface area contributed by atoms with Gasteiger partial charge < -0.3 is 5.32 Å². The first-order chi connectivity index (χ1) is 6.54. The van der Waals surface area contributed by atoms with E-state index in [9.17, 15) is 4.79 Å². The number of carbonyl (C=O) groups excluding carboxylic acids is 1. The van der Waals surface area contributed by atoms with Gasteiger partial charge in [0.25, 0.3) is 5.91 Å². The van der Waals surface area contributed by atoms with Crippen molar-refractivity contribution in [2.75, 3.05) is 27.2 Å². The molecule has 1 aliphatic heterocycles. The molecule has 0 spiro atoms. The standard InChI is InChI=1S/C10H20N2O2/c1-8(2)10(5-6-11-7-10)9(13)12(3)14-4/h8,11H,5-7H2,1-4H3. The number of nitrogens with zero attached hydrogens (tertiary/aromatic N) is 1. The molecule has 0 aromatic heterocycles. The van der Waals surface area contributed by atoms with E-state index in [-0.39, 0.29) is 11.3 Å². The Morgan fingerprint density at radius 1 is 1.57 bits per heavy atom. The zero-order chi connectivity index (χ0) is 10.8. The number of hydrogen-bond acceptors (Lipinski definition) is 3. The molecule has 1 N–H and O–H groups in total. The van der Waals surface area contributed by atoms with Gasteiger partial charge in [0.15, 0.2) is 0 Å². The van der Waals surface area contributed by atoms with Crippen LogP contribution in [-0.2, 0) is 9.63 Å². The fraction of sp³-hybridized carbons (Fsp3) is 0.900. The van der Waals surface area contributed by atoms with Crippen LogP contribution in [0, 0.1) is 11.3 Å². The van der Waals surface area contributed by atoms with Crippen LogP contribution < -0.4 is 5.32 Å². The Morgan fingerprint density at radius 3 is 2.57 bits per heavy atom. The van der Waals surface area contributed by atoms with Crippen molar-refractivity contribution in [3.63, 3.8) is 0 Å². The van der Waals surface area contributed by atoms with Gasteiger partial charge in [0.05, 0.1) is 12.5 Å². The molecule has 4 nitrogen and oxygen atoms in total. The predicted octanol–water partition coefficient (Wildman–Crippen LogP) is 0.642. The first-order valence-electron chi connectivity index (χ1n) is 5.07. The highest BCUT2D eigenvalue weighted by Crippen LogP contribution is 2.35. The van der Waals surface area contributed by atoms with Crippen molar-refractivity contribution in [1.29, 1.82) is 0 Å². The number of hydroxylamine groups is 2. The molecule has 1 heterocycles. The van der Waals surface area contributed by atoms with E-state index >= 15 is 0 Å². The maximum absolute atomic E-state index is 12.1. The highest BCUT2D eigenvalue weighted by atomic mass is 16.7. The van der Waals surface area contributed by atoms with Crippen molar-refractivity contribution in [2.45, 2.75) is 20.3 Å². The van der Waals surface area contributed by atoms with Gasteiger partial charge in [0.1, 0.15) is 0 Å². The first kappa shape index (κ1) is 11.5. The zero-order valence-corrected chi connectivity index (χ0v) is 9.46. The van der Waals surface area contributed by atoms with Crippen LogP contribution in [0.4, 0.5) is 0 Å². The van der Waals surface area contributed by atoms with Crippen molar-refractivity contribution in [3.8, 4) is 0 Å². The number of rotatable bonds is 3. The van der Waals surface area contributed by atoms with Crippen LogP contribution in [0.2, 0.25) is 0 Å². The normalized spacial score (nSPS) is 26.9. The second-order valence-corrected chi connectivity index (χ2v) is 4.22. The maximum atomic E-state index is 12.1. The van der Waals surface area contributed by atoms with Gasteiger partial charge >= 0.3 is 0 Å². The SMILES string of the molecule is CON(C)C(=O)C1(C(C)C)CCNC1. The minimum absolute atomic E-state index is 0.0833. The Kier molecular flexibility index (Phi) is 3.50. The largest absolute Gasteiger partial charge is 0.316 e. The van der Waals surface area contributed by atoms with E-state index < -0.39 is 0 Å². The lowest BCUT2D eigenvalue weighted by atomic mass is 9.75. The number of amides is 1. The Bertz CT molecular complexity index is 210. The molecule has 0 aromatic rings. The third kappa shape index (κ3) is 1.77. The van der Waals surface area contributed by atoms with Gasteiger partial charge in [-0.15, -0.1) is 0 Å². The third-order valence-electron chi connectivity index (χ3n) is 3.28. The summed E-state index contributed by atoms with van der Waals surface area (Å²) in [5.41, 5.74) is -0.273. The van der Waals surface area contributed by atoms with E-state index in [2.05, 4.69) is 19.2 Å². The van der Waals surface area contributed by atoms with Gasteiger partial charge in [-0.3, -0.25) is 9.63 Å². The van der Waals surface area contributed by atoms with Crippen LogP contribution in [0.5, 0.6) is 0 Å². The molecule has 1 saturated heterocycles. The summed E-state index contributed by atoms with van der Waals surface area (Å²) in [6, 6.07) is 0. The van der Waals surface area contributed by atoms with Gasteiger partial charge in [-0.1, -0.05) is 13.8 Å². The maximum Gasteiger partial charge on any atom is 0.253 e. The van der Waals surface area contributed by atoms with E-state index in [1.807, 2.05) is 0 Å². The van der Waals surface area contributed by atoms with Gasteiger partial charge in [0.2, 0.25) is 0 Å². The lowest BCUT2D eigenvalue weighted by Crippen LogP contribution is -2.46. The summed E-state index contributed by atoms with van der Waals surface area (Å²) in [4.78, 5) is 17.1. The molecule has 1 unspecified atom stereocenters. The number of carbonyl (C=O) groups is 1. The fourth-order valence-corrected chi connectivity index (χ4v) is 2.03. The molecule has 1 fully saturated rings. The quantitative estimate of drug-likeness (QED) is 0.680. The van der Waals surface area contributed by atoms with E-state index in [1.165, 1.54) is 12.2 Å². The molecule has 0 aliphatic carbocycles. The molecule has 1 aliphatic rings. The Balaban J connectivity index is 2.82.